The van der Waals surface area contributed by atoms with E-state index in [0.29, 0.717) is 23.0 Å². The largest absolute Gasteiger partial charge is 0.508 e. The van der Waals surface area contributed by atoms with E-state index in [1.807, 2.05) is 12.1 Å². The summed E-state index contributed by atoms with van der Waals surface area (Å²) in [6, 6.07) is 5.88. The minimum Gasteiger partial charge on any atom is -0.508 e. The minimum absolute atomic E-state index is 0.380. The van der Waals surface area contributed by atoms with E-state index in [2.05, 4.69) is 37.3 Å². The van der Waals surface area contributed by atoms with Gasteiger partial charge in [0.25, 0.3) is 0 Å². The summed E-state index contributed by atoms with van der Waals surface area (Å²) >= 11 is 0. The molecule has 1 heteroatoms. The first-order valence-electron chi connectivity index (χ1n) is 7.36. The molecule has 98 valence electrons. The van der Waals surface area contributed by atoms with Gasteiger partial charge in [-0.25, -0.2) is 0 Å². The second kappa shape index (κ2) is 3.75. The number of fused-ring (bicyclic) bond motifs is 5. The molecular weight excluding hydrogens is 232 g/mol. The first-order chi connectivity index (χ1) is 9.17. The lowest BCUT2D eigenvalue weighted by atomic mass is 9.57. The van der Waals surface area contributed by atoms with Crippen molar-refractivity contribution in [2.24, 2.45) is 17.3 Å². The molecule has 0 aliphatic heterocycles. The van der Waals surface area contributed by atoms with Crippen LogP contribution in [0.15, 0.2) is 36.4 Å². The van der Waals surface area contributed by atoms with Gasteiger partial charge in [-0.05, 0) is 65.7 Å². The Hall–Kier alpha value is -1.50. The van der Waals surface area contributed by atoms with Gasteiger partial charge in [-0.2, -0.15) is 0 Å². The third-order valence-corrected chi connectivity index (χ3v) is 5.63. The molecule has 4 rings (SSSR count). The molecule has 0 bridgehead atoms. The van der Waals surface area contributed by atoms with Gasteiger partial charge in [0, 0.05) is 0 Å². The second-order valence-corrected chi connectivity index (χ2v) is 6.65. The highest BCUT2D eigenvalue weighted by Gasteiger charge is 2.47. The highest BCUT2D eigenvalue weighted by molar-refractivity contribution is 5.61. The van der Waals surface area contributed by atoms with Gasteiger partial charge >= 0.3 is 0 Å². The summed E-state index contributed by atoms with van der Waals surface area (Å²) in [4.78, 5) is 0. The Labute approximate surface area is 114 Å². The number of phenols is 1. The van der Waals surface area contributed by atoms with Crippen LogP contribution in [0.1, 0.15) is 43.2 Å². The van der Waals surface area contributed by atoms with E-state index in [-0.39, 0.29) is 0 Å². The van der Waals surface area contributed by atoms with Crippen LogP contribution >= 0.6 is 0 Å². The fraction of sp³-hybridized carbons (Fsp3) is 0.444. The van der Waals surface area contributed by atoms with E-state index in [1.54, 1.807) is 0 Å². The number of rotatable bonds is 0. The normalized spacial score (nSPS) is 38.7. The van der Waals surface area contributed by atoms with Gasteiger partial charge < -0.3 is 5.11 Å². The third-order valence-electron chi connectivity index (χ3n) is 5.63. The first kappa shape index (κ1) is 11.3. The van der Waals surface area contributed by atoms with E-state index in [4.69, 9.17) is 0 Å². The van der Waals surface area contributed by atoms with Gasteiger partial charge in [0.05, 0.1) is 0 Å². The molecule has 0 spiro atoms. The van der Waals surface area contributed by atoms with Crippen LogP contribution in [0, 0.1) is 17.3 Å². The smallest absolute Gasteiger partial charge is 0.116 e. The van der Waals surface area contributed by atoms with Crippen LogP contribution in [-0.4, -0.2) is 5.11 Å². The number of phenolic OH excluding ortho intramolecular Hbond substituents is 1. The molecule has 19 heavy (non-hydrogen) atoms. The molecule has 3 aliphatic rings. The highest BCUT2D eigenvalue weighted by Crippen LogP contribution is 2.57. The zero-order valence-corrected chi connectivity index (χ0v) is 11.3. The number of benzene rings is 1. The molecule has 4 atom stereocenters. The highest BCUT2D eigenvalue weighted by atomic mass is 16.3. The monoisotopic (exact) mass is 252 g/mol. The quantitative estimate of drug-likeness (QED) is 0.674. The van der Waals surface area contributed by atoms with Crippen LogP contribution in [-0.2, 0) is 0 Å². The predicted molar refractivity (Wildman–Crippen MR) is 78.0 cm³/mol. The number of allylic oxidation sites excluding steroid dienone is 3. The van der Waals surface area contributed by atoms with Crippen molar-refractivity contribution in [1.29, 1.82) is 0 Å². The van der Waals surface area contributed by atoms with Crippen molar-refractivity contribution in [3.8, 4) is 5.75 Å². The summed E-state index contributed by atoms with van der Waals surface area (Å²) in [5, 5.41) is 9.63. The zero-order valence-electron chi connectivity index (χ0n) is 11.3. The Morgan fingerprint density at radius 1 is 1.32 bits per heavy atom. The van der Waals surface area contributed by atoms with Crippen molar-refractivity contribution < 1.29 is 5.11 Å². The molecule has 0 saturated heterocycles. The van der Waals surface area contributed by atoms with Crippen LogP contribution in [0.5, 0.6) is 5.75 Å². The summed E-state index contributed by atoms with van der Waals surface area (Å²) in [5.74, 6) is 2.47. The van der Waals surface area contributed by atoms with Gasteiger partial charge in [-0.1, -0.05) is 37.3 Å². The molecule has 0 radical (unpaired) electrons. The fourth-order valence-corrected chi connectivity index (χ4v) is 4.57. The van der Waals surface area contributed by atoms with Crippen LogP contribution in [0.2, 0.25) is 0 Å². The van der Waals surface area contributed by atoms with Gasteiger partial charge in [-0.3, -0.25) is 0 Å². The van der Waals surface area contributed by atoms with Crippen LogP contribution in [0.4, 0.5) is 0 Å². The van der Waals surface area contributed by atoms with Crippen molar-refractivity contribution in [2.75, 3.05) is 0 Å². The Bertz CT molecular complexity index is 583. The van der Waals surface area contributed by atoms with Crippen LogP contribution in [0.3, 0.4) is 0 Å². The zero-order chi connectivity index (χ0) is 13.0. The molecule has 1 nitrogen and oxygen atoms in total. The maximum absolute atomic E-state index is 9.63. The van der Waals surface area contributed by atoms with Crippen molar-refractivity contribution in [3.63, 3.8) is 0 Å². The molecule has 1 aromatic rings. The fourth-order valence-electron chi connectivity index (χ4n) is 4.57. The van der Waals surface area contributed by atoms with Crippen LogP contribution < -0.4 is 0 Å². The van der Waals surface area contributed by atoms with Gasteiger partial charge in [0.1, 0.15) is 5.75 Å². The maximum atomic E-state index is 9.63. The summed E-state index contributed by atoms with van der Waals surface area (Å²) < 4.78 is 0. The summed E-state index contributed by atoms with van der Waals surface area (Å²) in [7, 11) is 0. The Kier molecular flexibility index (Phi) is 2.24. The number of hydrogen-bond donors (Lipinski definition) is 1. The molecular formula is C18H20O. The lowest BCUT2D eigenvalue weighted by Crippen LogP contribution is -2.37. The summed E-state index contributed by atoms with van der Waals surface area (Å²) in [6.45, 7) is 2.43. The average molecular weight is 252 g/mol. The molecule has 1 saturated carbocycles. The molecule has 3 aliphatic carbocycles. The van der Waals surface area contributed by atoms with E-state index < -0.39 is 0 Å². The third kappa shape index (κ3) is 1.54. The van der Waals surface area contributed by atoms with E-state index in [1.165, 1.54) is 30.4 Å². The van der Waals surface area contributed by atoms with E-state index in [9.17, 15) is 5.11 Å². The van der Waals surface area contributed by atoms with Crippen molar-refractivity contribution in [2.45, 2.75) is 32.1 Å². The topological polar surface area (TPSA) is 20.2 Å². The standard InChI is InChI=1S/C18H20O/c1-18-9-2-3-17(18)16-6-4-12-11-13(19)5-7-14(12)15(16)8-10-18/h2,4-7,9,11,15-17,19H,3,8,10H2,1H3/t15-,16-,17+,18+/m1/s1. The van der Waals surface area contributed by atoms with Gasteiger partial charge in [-0.15, -0.1) is 0 Å². The molecule has 1 N–H and O–H groups in total. The van der Waals surface area contributed by atoms with Crippen molar-refractivity contribution in [3.05, 3.63) is 47.6 Å². The molecule has 0 aromatic heterocycles. The average Bonchev–Trinajstić information content (AvgIpc) is 2.79. The van der Waals surface area contributed by atoms with E-state index in [0.717, 1.165) is 5.92 Å². The summed E-state index contributed by atoms with van der Waals surface area (Å²) in [6.07, 6.45) is 13.3. The van der Waals surface area contributed by atoms with Gasteiger partial charge in [0.2, 0.25) is 0 Å². The lowest BCUT2D eigenvalue weighted by molar-refractivity contribution is 0.123. The maximum Gasteiger partial charge on any atom is 0.116 e. The lowest BCUT2D eigenvalue weighted by Gasteiger charge is -2.47. The van der Waals surface area contributed by atoms with Crippen LogP contribution in [0.25, 0.3) is 6.08 Å². The molecule has 0 unspecified atom stereocenters. The predicted octanol–water partition coefficient (Wildman–Crippen LogP) is 4.50. The van der Waals surface area contributed by atoms with Gasteiger partial charge in [0.15, 0.2) is 0 Å². The molecule has 0 amide bonds. The second-order valence-electron chi connectivity index (χ2n) is 6.65. The molecule has 1 aromatic carbocycles. The first-order valence-corrected chi connectivity index (χ1v) is 7.36. The van der Waals surface area contributed by atoms with Crippen molar-refractivity contribution in [1.82, 2.24) is 0 Å². The Morgan fingerprint density at radius 2 is 2.21 bits per heavy atom. The number of hydrogen-bond acceptors (Lipinski definition) is 1. The van der Waals surface area contributed by atoms with Crippen molar-refractivity contribution >= 4 is 6.08 Å². The Morgan fingerprint density at radius 3 is 3.11 bits per heavy atom. The summed E-state index contributed by atoms with van der Waals surface area (Å²) in [5.41, 5.74) is 3.08. The van der Waals surface area contributed by atoms with E-state index >= 15 is 0 Å². The molecule has 0 heterocycles. The minimum atomic E-state index is 0.380. The number of aromatic hydroxyl groups is 1. The SMILES string of the molecule is C[C@@]12C=CC[C@H]1[C@@H]1C=Cc3cc(O)ccc3[C@H]1CC2. The Balaban J connectivity index is 1.77. The molecule has 1 fully saturated rings.